The minimum atomic E-state index is 0.228. The molecule has 4 aromatic rings. The van der Waals surface area contributed by atoms with Gasteiger partial charge in [-0.2, -0.15) is 0 Å². The molecule has 0 amide bonds. The minimum absolute atomic E-state index is 0.228. The monoisotopic (exact) mass is 520 g/mol. The molecule has 0 saturated carbocycles. The zero-order valence-corrected chi connectivity index (χ0v) is 23.3. The van der Waals surface area contributed by atoms with E-state index in [4.69, 9.17) is 9.47 Å². The number of hydrogen-bond donors (Lipinski definition) is 1. The molecule has 39 heavy (non-hydrogen) atoms. The molecule has 0 aliphatic heterocycles. The van der Waals surface area contributed by atoms with E-state index in [0.29, 0.717) is 6.61 Å². The van der Waals surface area contributed by atoms with Gasteiger partial charge in [0, 0.05) is 47.7 Å². The summed E-state index contributed by atoms with van der Waals surface area (Å²) in [5, 5.41) is 1.12. The summed E-state index contributed by atoms with van der Waals surface area (Å²) in [5.74, 6) is 1.95. The molecule has 3 aromatic carbocycles. The fourth-order valence-electron chi connectivity index (χ4n) is 5.09. The molecule has 1 aromatic heterocycles. The third kappa shape index (κ3) is 7.30. The highest BCUT2D eigenvalue weighted by atomic mass is 16.5. The van der Waals surface area contributed by atoms with Crippen molar-refractivity contribution in [3.8, 4) is 5.75 Å². The van der Waals surface area contributed by atoms with Gasteiger partial charge < -0.3 is 14.5 Å². The zero-order valence-electron chi connectivity index (χ0n) is 23.3. The average Bonchev–Trinajstić information content (AvgIpc) is 3.46. The van der Waals surface area contributed by atoms with E-state index >= 15 is 0 Å². The first-order valence-electron chi connectivity index (χ1n) is 13.7. The number of aromatic nitrogens is 1. The van der Waals surface area contributed by atoms with Crippen molar-refractivity contribution in [2.24, 2.45) is 0 Å². The Morgan fingerprint density at radius 1 is 0.949 bits per heavy atom. The second-order valence-electron chi connectivity index (χ2n) is 9.78. The molecule has 0 radical (unpaired) electrons. The van der Waals surface area contributed by atoms with Crippen LogP contribution in [0.3, 0.4) is 0 Å². The molecule has 202 valence electrons. The Morgan fingerprint density at radius 2 is 1.64 bits per heavy atom. The highest BCUT2D eigenvalue weighted by Crippen LogP contribution is 2.29. The number of benzene rings is 3. The van der Waals surface area contributed by atoms with Crippen LogP contribution in [0.2, 0.25) is 0 Å². The lowest BCUT2D eigenvalue weighted by Crippen LogP contribution is -2.39. The van der Waals surface area contributed by atoms with Crippen LogP contribution in [0.5, 0.6) is 5.75 Å². The van der Waals surface area contributed by atoms with Gasteiger partial charge >= 0.3 is 0 Å². The summed E-state index contributed by atoms with van der Waals surface area (Å²) in [4.78, 5) is 5.81. The van der Waals surface area contributed by atoms with E-state index in [1.807, 2.05) is 25.3 Å². The number of nitrogens with one attached hydrogen (secondary N) is 1. The quantitative estimate of drug-likeness (QED) is 0.135. The number of ether oxygens (including phenoxy) is 2. The molecule has 4 rings (SSSR count). The first-order valence-corrected chi connectivity index (χ1v) is 13.7. The van der Waals surface area contributed by atoms with Crippen LogP contribution in [0.25, 0.3) is 10.9 Å². The Kier molecular flexibility index (Phi) is 10.2. The van der Waals surface area contributed by atoms with Crippen molar-refractivity contribution in [2.75, 3.05) is 26.8 Å². The van der Waals surface area contributed by atoms with Gasteiger partial charge in [0.25, 0.3) is 0 Å². The third-order valence-electron chi connectivity index (χ3n) is 7.26. The summed E-state index contributed by atoms with van der Waals surface area (Å²) in [6, 6.07) is 30.1. The summed E-state index contributed by atoms with van der Waals surface area (Å²) in [6.07, 6.45) is 8.83. The van der Waals surface area contributed by atoms with E-state index in [1.54, 1.807) is 13.2 Å². The number of rotatable bonds is 14. The lowest BCUT2D eigenvalue weighted by atomic mass is 9.90. The molecule has 1 N–H and O–H groups in total. The Balaban J connectivity index is 1.60. The fraction of sp³-hybridized carbons (Fsp3) is 0.257. The van der Waals surface area contributed by atoms with Crippen LogP contribution in [0, 0.1) is 0 Å². The molecule has 4 nitrogen and oxygen atoms in total. The molecular weight excluding hydrogens is 480 g/mol. The molecular formula is C35H40N2O2. The van der Waals surface area contributed by atoms with Crippen molar-refractivity contribution in [3.05, 3.63) is 138 Å². The predicted molar refractivity (Wildman–Crippen MR) is 163 cm³/mol. The van der Waals surface area contributed by atoms with Crippen molar-refractivity contribution < 1.29 is 9.47 Å². The van der Waals surface area contributed by atoms with Gasteiger partial charge in [-0.05, 0) is 55.7 Å². The highest BCUT2D eigenvalue weighted by molar-refractivity contribution is 5.85. The molecule has 0 aliphatic carbocycles. The van der Waals surface area contributed by atoms with E-state index in [0.717, 1.165) is 47.5 Å². The fourth-order valence-corrected chi connectivity index (χ4v) is 5.09. The number of aromatic amines is 1. The molecule has 1 atom stereocenters. The zero-order chi connectivity index (χ0) is 27.5. The maximum Gasteiger partial charge on any atom is 0.128 e. The number of fused-ring (bicyclic) bond motifs is 1. The summed E-state index contributed by atoms with van der Waals surface area (Å²) in [5.41, 5.74) is 4.82. The smallest absolute Gasteiger partial charge is 0.128 e. The molecule has 0 fully saturated rings. The Hall–Kier alpha value is -4.02. The van der Waals surface area contributed by atoms with Crippen molar-refractivity contribution in [1.29, 1.82) is 0 Å². The van der Waals surface area contributed by atoms with Gasteiger partial charge in [0.15, 0.2) is 0 Å². The van der Waals surface area contributed by atoms with Crippen LogP contribution in [-0.2, 0) is 4.74 Å². The van der Waals surface area contributed by atoms with Crippen molar-refractivity contribution in [2.45, 2.75) is 32.2 Å². The molecule has 0 bridgehead atoms. The van der Waals surface area contributed by atoms with E-state index in [1.165, 1.54) is 11.1 Å². The van der Waals surface area contributed by atoms with Crippen LogP contribution >= 0.6 is 0 Å². The van der Waals surface area contributed by atoms with Gasteiger partial charge in [-0.1, -0.05) is 85.5 Å². The Labute approximate surface area is 233 Å². The van der Waals surface area contributed by atoms with Gasteiger partial charge in [0.1, 0.15) is 11.5 Å². The van der Waals surface area contributed by atoms with Crippen LogP contribution in [-0.4, -0.2) is 42.7 Å². The van der Waals surface area contributed by atoms with E-state index in [9.17, 15) is 0 Å². The van der Waals surface area contributed by atoms with E-state index < -0.39 is 0 Å². The largest absolute Gasteiger partial charge is 0.496 e. The normalized spacial score (nSPS) is 13.2. The Morgan fingerprint density at radius 3 is 2.26 bits per heavy atom. The molecule has 4 heteroatoms. The first-order chi connectivity index (χ1) is 19.1. The van der Waals surface area contributed by atoms with Gasteiger partial charge in [0.05, 0.1) is 13.7 Å². The second kappa shape index (κ2) is 14.2. The standard InChI is InChI=1S/C35H40N2O2/c1-5-14-30(34(6-2)38-4)25-37(26-32(28-15-9-7-10-16-28)29-17-11-8-12-18-29)27(3)22-24-39-35-20-13-19-33-31(35)21-23-36-33/h5-21,23,27,32,36H,2,22,24-26H2,1,3-4H3/b14-5-,34-30-. The lowest BCUT2D eigenvalue weighted by molar-refractivity contribution is 0.180. The third-order valence-corrected chi connectivity index (χ3v) is 7.26. The van der Waals surface area contributed by atoms with Crippen LogP contribution in [0.15, 0.2) is 127 Å². The van der Waals surface area contributed by atoms with Gasteiger partial charge in [-0.15, -0.1) is 0 Å². The number of methoxy groups -OCH3 is 1. The van der Waals surface area contributed by atoms with Gasteiger partial charge in [0.2, 0.25) is 0 Å². The summed E-state index contributed by atoms with van der Waals surface area (Å²) in [6.45, 7) is 10.5. The lowest BCUT2D eigenvalue weighted by Gasteiger charge is -2.34. The summed E-state index contributed by atoms with van der Waals surface area (Å²) in [7, 11) is 1.71. The number of H-pyrrole nitrogens is 1. The SMILES string of the molecule is C=C/C(OC)=C(\C=C/C)CN(CC(c1ccccc1)c1ccccc1)C(C)CCOc1cccc2[nH]ccc12. The topological polar surface area (TPSA) is 37.5 Å². The summed E-state index contributed by atoms with van der Waals surface area (Å²) >= 11 is 0. The van der Waals surface area contributed by atoms with Crippen LogP contribution in [0.1, 0.15) is 37.3 Å². The molecule has 1 heterocycles. The van der Waals surface area contributed by atoms with E-state index in [2.05, 4.69) is 108 Å². The van der Waals surface area contributed by atoms with Crippen molar-refractivity contribution in [3.63, 3.8) is 0 Å². The number of nitrogens with zero attached hydrogens (tertiary/aromatic N) is 1. The maximum absolute atomic E-state index is 6.30. The molecule has 0 aliphatic rings. The van der Waals surface area contributed by atoms with Crippen molar-refractivity contribution >= 4 is 10.9 Å². The maximum atomic E-state index is 6.30. The average molecular weight is 521 g/mol. The number of allylic oxidation sites excluding steroid dienone is 2. The van der Waals surface area contributed by atoms with E-state index in [-0.39, 0.29) is 12.0 Å². The van der Waals surface area contributed by atoms with Crippen LogP contribution in [0.4, 0.5) is 0 Å². The number of hydrogen-bond acceptors (Lipinski definition) is 3. The predicted octanol–water partition coefficient (Wildman–Crippen LogP) is 8.12. The molecule has 1 unspecified atom stereocenters. The van der Waals surface area contributed by atoms with Gasteiger partial charge in [-0.25, -0.2) is 0 Å². The highest BCUT2D eigenvalue weighted by Gasteiger charge is 2.23. The van der Waals surface area contributed by atoms with Gasteiger partial charge in [-0.3, -0.25) is 4.90 Å². The summed E-state index contributed by atoms with van der Waals surface area (Å²) < 4.78 is 12.0. The minimum Gasteiger partial charge on any atom is -0.496 e. The Bertz CT molecular complexity index is 1330. The molecule has 0 spiro atoms. The second-order valence-corrected chi connectivity index (χ2v) is 9.78. The first kappa shape index (κ1) is 28.0. The van der Waals surface area contributed by atoms with Crippen LogP contribution < -0.4 is 4.74 Å². The van der Waals surface area contributed by atoms with Crippen molar-refractivity contribution in [1.82, 2.24) is 9.88 Å². The molecule has 0 saturated heterocycles.